The van der Waals surface area contributed by atoms with E-state index in [9.17, 15) is 0 Å². The van der Waals surface area contributed by atoms with Gasteiger partial charge in [-0.15, -0.1) is 0 Å². The molecule has 0 radical (unpaired) electrons. The van der Waals surface area contributed by atoms with Crippen LogP contribution in [0.25, 0.3) is 0 Å². The lowest BCUT2D eigenvalue weighted by molar-refractivity contribution is 0.303. The van der Waals surface area contributed by atoms with E-state index < -0.39 is 0 Å². The molecule has 2 heteroatoms. The van der Waals surface area contributed by atoms with Gasteiger partial charge < -0.3 is 5.32 Å². The van der Waals surface area contributed by atoms with Crippen LogP contribution in [0.3, 0.4) is 0 Å². The van der Waals surface area contributed by atoms with E-state index in [1.54, 1.807) is 0 Å². The van der Waals surface area contributed by atoms with Crippen molar-refractivity contribution in [1.29, 1.82) is 5.26 Å². The lowest BCUT2D eigenvalue weighted by atomic mass is 9.88. The Morgan fingerprint density at radius 3 is 2.33 bits per heavy atom. The van der Waals surface area contributed by atoms with E-state index in [4.69, 9.17) is 5.26 Å². The van der Waals surface area contributed by atoms with Gasteiger partial charge in [-0.05, 0) is 24.3 Å². The summed E-state index contributed by atoms with van der Waals surface area (Å²) in [6.07, 6.45) is 4.16. The highest BCUT2D eigenvalue weighted by molar-refractivity contribution is 4.79. The largest absolute Gasteiger partial charge is 0.316 e. The Balaban J connectivity index is 3.69. The van der Waals surface area contributed by atoms with E-state index in [1.807, 2.05) is 0 Å². The number of nitriles is 1. The van der Waals surface area contributed by atoms with Gasteiger partial charge in [0, 0.05) is 13.0 Å². The second-order valence-corrected chi connectivity index (χ2v) is 5.14. The molecule has 0 heterocycles. The topological polar surface area (TPSA) is 35.8 Å². The van der Waals surface area contributed by atoms with Gasteiger partial charge in [-0.3, -0.25) is 0 Å². The van der Waals surface area contributed by atoms with Crippen LogP contribution in [0.4, 0.5) is 0 Å². The van der Waals surface area contributed by atoms with Gasteiger partial charge in [0.2, 0.25) is 0 Å². The Labute approximate surface area is 95.1 Å². The molecule has 0 unspecified atom stereocenters. The number of hydrogen-bond donors (Lipinski definition) is 1. The van der Waals surface area contributed by atoms with Crippen molar-refractivity contribution in [2.75, 3.05) is 13.1 Å². The Morgan fingerprint density at radius 2 is 1.87 bits per heavy atom. The zero-order valence-corrected chi connectivity index (χ0v) is 10.8. The second-order valence-electron chi connectivity index (χ2n) is 5.14. The molecule has 15 heavy (non-hydrogen) atoms. The minimum atomic E-state index is 0.252. The quantitative estimate of drug-likeness (QED) is 0.667. The van der Waals surface area contributed by atoms with Crippen LogP contribution in [0, 0.1) is 22.7 Å². The Bertz CT molecular complexity index is 187. The van der Waals surface area contributed by atoms with Gasteiger partial charge in [-0.25, -0.2) is 0 Å². The number of nitrogens with one attached hydrogen (secondary N) is 1. The van der Waals surface area contributed by atoms with Crippen LogP contribution in [0.5, 0.6) is 0 Å². The molecule has 0 saturated carbocycles. The predicted molar refractivity (Wildman–Crippen MR) is 65.6 cm³/mol. The summed E-state index contributed by atoms with van der Waals surface area (Å²) in [6, 6.07) is 2.22. The molecule has 2 nitrogen and oxygen atoms in total. The monoisotopic (exact) mass is 210 g/mol. The number of hydrogen-bond acceptors (Lipinski definition) is 2. The number of rotatable bonds is 8. The van der Waals surface area contributed by atoms with Crippen molar-refractivity contribution in [3.8, 4) is 6.07 Å². The maximum atomic E-state index is 8.55. The summed E-state index contributed by atoms with van der Waals surface area (Å²) in [5.41, 5.74) is 0.252. The van der Waals surface area contributed by atoms with Gasteiger partial charge in [0.05, 0.1) is 6.07 Å². The summed E-state index contributed by atoms with van der Waals surface area (Å²) >= 11 is 0. The van der Waals surface area contributed by atoms with Crippen molar-refractivity contribution in [3.63, 3.8) is 0 Å². The first kappa shape index (κ1) is 14.5. The van der Waals surface area contributed by atoms with Gasteiger partial charge in [0.1, 0.15) is 0 Å². The molecule has 0 spiro atoms. The molecular weight excluding hydrogens is 184 g/mol. The molecule has 0 atom stereocenters. The van der Waals surface area contributed by atoms with Gasteiger partial charge in [0.25, 0.3) is 0 Å². The molecular formula is C13H26N2. The minimum Gasteiger partial charge on any atom is -0.316 e. The fourth-order valence-corrected chi connectivity index (χ4v) is 1.67. The van der Waals surface area contributed by atoms with Gasteiger partial charge >= 0.3 is 0 Å². The summed E-state index contributed by atoms with van der Waals surface area (Å²) < 4.78 is 0. The third-order valence-electron chi connectivity index (χ3n) is 3.10. The summed E-state index contributed by atoms with van der Waals surface area (Å²) in [4.78, 5) is 0. The number of nitrogens with zero attached hydrogens (tertiary/aromatic N) is 1. The fraction of sp³-hybridized carbons (Fsp3) is 0.923. The van der Waals surface area contributed by atoms with Crippen LogP contribution in [0.2, 0.25) is 0 Å². The van der Waals surface area contributed by atoms with Crippen LogP contribution in [-0.2, 0) is 0 Å². The third-order valence-corrected chi connectivity index (χ3v) is 3.10. The molecule has 0 amide bonds. The van der Waals surface area contributed by atoms with E-state index in [0.29, 0.717) is 6.42 Å². The molecule has 1 N–H and O–H groups in total. The van der Waals surface area contributed by atoms with Crippen molar-refractivity contribution >= 4 is 0 Å². The van der Waals surface area contributed by atoms with Gasteiger partial charge in [-0.2, -0.15) is 5.26 Å². The first-order valence-electron chi connectivity index (χ1n) is 6.13. The van der Waals surface area contributed by atoms with E-state index >= 15 is 0 Å². The predicted octanol–water partition coefficient (Wildman–Crippen LogP) is 3.34. The average Bonchev–Trinajstić information content (AvgIpc) is 2.22. The van der Waals surface area contributed by atoms with E-state index in [2.05, 4.69) is 39.1 Å². The molecule has 0 aliphatic rings. The smallest absolute Gasteiger partial charge is 0.0621 e. The molecule has 0 aromatic rings. The minimum absolute atomic E-state index is 0.252. The maximum Gasteiger partial charge on any atom is 0.0621 e. The summed E-state index contributed by atoms with van der Waals surface area (Å²) in [5.74, 6) is 0.803. The van der Waals surface area contributed by atoms with Crippen molar-refractivity contribution in [1.82, 2.24) is 5.32 Å². The molecule has 0 bridgehead atoms. The maximum absolute atomic E-state index is 8.55. The lowest BCUT2D eigenvalue weighted by Gasteiger charge is -2.25. The van der Waals surface area contributed by atoms with Crippen LogP contribution >= 0.6 is 0 Å². The summed E-state index contributed by atoms with van der Waals surface area (Å²) in [7, 11) is 0. The molecule has 0 aliphatic carbocycles. The Morgan fingerprint density at radius 1 is 1.27 bits per heavy atom. The van der Waals surface area contributed by atoms with Crippen molar-refractivity contribution in [2.45, 2.75) is 53.4 Å². The summed E-state index contributed by atoms with van der Waals surface area (Å²) in [6.45, 7) is 11.1. The average molecular weight is 210 g/mol. The normalized spacial score (nSPS) is 11.7. The molecule has 0 aliphatic heterocycles. The van der Waals surface area contributed by atoms with E-state index in [1.165, 1.54) is 12.8 Å². The molecule has 0 aromatic carbocycles. The van der Waals surface area contributed by atoms with Crippen LogP contribution in [0.1, 0.15) is 53.4 Å². The van der Waals surface area contributed by atoms with Crippen molar-refractivity contribution < 1.29 is 0 Å². The Hall–Kier alpha value is -0.550. The highest BCUT2D eigenvalue weighted by Gasteiger charge is 2.17. The van der Waals surface area contributed by atoms with Crippen LogP contribution in [-0.4, -0.2) is 13.1 Å². The molecule has 0 rings (SSSR count). The van der Waals surface area contributed by atoms with Crippen molar-refractivity contribution in [3.05, 3.63) is 0 Å². The zero-order valence-electron chi connectivity index (χ0n) is 10.8. The van der Waals surface area contributed by atoms with Crippen LogP contribution < -0.4 is 5.32 Å². The highest BCUT2D eigenvalue weighted by atomic mass is 14.9. The summed E-state index contributed by atoms with van der Waals surface area (Å²) in [5, 5.41) is 12.1. The fourth-order valence-electron chi connectivity index (χ4n) is 1.67. The molecule has 88 valence electrons. The van der Waals surface area contributed by atoms with E-state index in [0.717, 1.165) is 25.4 Å². The zero-order chi connectivity index (χ0) is 11.7. The van der Waals surface area contributed by atoms with Gasteiger partial charge in [0.15, 0.2) is 0 Å². The SMILES string of the molecule is CCC(CC)CNCC(C)(C)CCC#N. The lowest BCUT2D eigenvalue weighted by Crippen LogP contribution is -2.32. The molecule has 0 saturated heterocycles. The first-order chi connectivity index (χ1) is 7.05. The second kappa shape index (κ2) is 7.70. The molecule has 0 aromatic heterocycles. The standard InChI is InChI=1S/C13H26N2/c1-5-12(6-2)10-15-11-13(3,4)8-7-9-14/h12,15H,5-8,10-11H2,1-4H3. The third kappa shape index (κ3) is 7.39. The highest BCUT2D eigenvalue weighted by Crippen LogP contribution is 2.20. The molecule has 0 fully saturated rings. The van der Waals surface area contributed by atoms with Crippen LogP contribution in [0.15, 0.2) is 0 Å². The van der Waals surface area contributed by atoms with Crippen molar-refractivity contribution in [2.24, 2.45) is 11.3 Å². The first-order valence-corrected chi connectivity index (χ1v) is 6.13. The van der Waals surface area contributed by atoms with E-state index in [-0.39, 0.29) is 5.41 Å². The van der Waals surface area contributed by atoms with Gasteiger partial charge in [-0.1, -0.05) is 40.5 Å². The Kier molecular flexibility index (Phi) is 7.42.